The molecule has 1 amide bonds. The number of amides is 1. The van der Waals surface area contributed by atoms with Crippen molar-refractivity contribution in [3.05, 3.63) is 76.0 Å². The first-order valence-corrected chi connectivity index (χ1v) is 13.6. The van der Waals surface area contributed by atoms with Crippen LogP contribution < -0.4 is 10.1 Å². The van der Waals surface area contributed by atoms with Crippen LogP contribution in [-0.2, 0) is 6.54 Å². The number of ether oxygens (including phenoxy) is 1. The fourth-order valence-corrected chi connectivity index (χ4v) is 6.61. The van der Waals surface area contributed by atoms with Crippen molar-refractivity contribution in [1.29, 1.82) is 0 Å². The van der Waals surface area contributed by atoms with Crippen LogP contribution in [0.1, 0.15) is 40.9 Å². The van der Waals surface area contributed by atoms with E-state index >= 15 is 0 Å². The molecule has 2 heterocycles. The molecule has 2 aromatic heterocycles. The number of benzene rings is 2. The van der Waals surface area contributed by atoms with Crippen LogP contribution in [0.2, 0.25) is 5.02 Å². The zero-order valence-corrected chi connectivity index (χ0v) is 25.0. The Bertz CT molecular complexity index is 1470. The topological polar surface area (TPSA) is 67.3 Å². The Balaban J connectivity index is 0.00000220. The zero-order chi connectivity index (χ0) is 26.8. The molecule has 40 heavy (non-hydrogen) atoms. The summed E-state index contributed by atoms with van der Waals surface area (Å²) >= 11 is 7.42. The number of aromatic nitrogens is 2. The quantitative estimate of drug-likeness (QED) is 0.232. The normalized spacial score (nSPS) is 16.6. The largest absolute Gasteiger partial charge is 0.496 e. The highest BCUT2D eigenvalue weighted by atomic mass is 35.5. The summed E-state index contributed by atoms with van der Waals surface area (Å²) in [6.07, 6.45) is 8.29. The highest BCUT2D eigenvalue weighted by molar-refractivity contribution is 7.21. The molecule has 1 aliphatic rings. The van der Waals surface area contributed by atoms with Crippen LogP contribution in [0.25, 0.3) is 21.3 Å². The number of fused-ring (bicyclic) bond motifs is 1. The summed E-state index contributed by atoms with van der Waals surface area (Å²) in [6, 6.07) is 8.07. The van der Waals surface area contributed by atoms with Gasteiger partial charge in [-0.1, -0.05) is 11.6 Å². The molecular formula is C28H29Cl3F2N4O2S. The predicted molar refractivity (Wildman–Crippen MR) is 160 cm³/mol. The van der Waals surface area contributed by atoms with E-state index in [-0.39, 0.29) is 63.3 Å². The van der Waals surface area contributed by atoms with Crippen molar-refractivity contribution in [3.63, 3.8) is 0 Å². The SMILES string of the molecule is CNC1CCC(N(Cc2cc(-c3cnccn3)ccc2OC)C(=O)c2sc3c(F)ccc(F)c3c2Cl)CC1.Cl.Cl. The molecule has 12 heteroatoms. The molecule has 6 nitrogen and oxygen atoms in total. The van der Waals surface area contributed by atoms with Gasteiger partial charge in [0.15, 0.2) is 0 Å². The number of rotatable bonds is 7. The van der Waals surface area contributed by atoms with Crippen LogP contribution in [0.4, 0.5) is 8.78 Å². The summed E-state index contributed by atoms with van der Waals surface area (Å²) in [7, 11) is 3.52. The van der Waals surface area contributed by atoms with Gasteiger partial charge in [-0.05, 0) is 63.1 Å². The van der Waals surface area contributed by atoms with Crippen LogP contribution in [-0.4, -0.2) is 47.0 Å². The minimum absolute atomic E-state index is 0. The second-order valence-corrected chi connectivity index (χ2v) is 10.7. The lowest BCUT2D eigenvalue weighted by atomic mass is 9.89. The number of carbonyl (C=O) groups excluding carboxylic acids is 1. The molecule has 0 aliphatic heterocycles. The number of methoxy groups -OCH3 is 1. The van der Waals surface area contributed by atoms with E-state index in [0.717, 1.165) is 60.3 Å². The van der Waals surface area contributed by atoms with Crippen molar-refractivity contribution in [2.24, 2.45) is 0 Å². The summed E-state index contributed by atoms with van der Waals surface area (Å²) in [6.45, 7) is 0.237. The number of nitrogens with one attached hydrogen (secondary N) is 1. The molecule has 0 radical (unpaired) electrons. The number of carbonyl (C=O) groups is 1. The van der Waals surface area contributed by atoms with Crippen molar-refractivity contribution in [2.75, 3.05) is 14.2 Å². The molecule has 0 saturated heterocycles. The summed E-state index contributed by atoms with van der Waals surface area (Å²) in [5.41, 5.74) is 2.32. The molecule has 2 aromatic carbocycles. The van der Waals surface area contributed by atoms with Gasteiger partial charge >= 0.3 is 0 Å². The predicted octanol–water partition coefficient (Wildman–Crippen LogP) is 7.32. The van der Waals surface area contributed by atoms with Gasteiger partial charge in [-0.15, -0.1) is 36.2 Å². The molecule has 4 aromatic rings. The first-order valence-electron chi connectivity index (χ1n) is 12.4. The zero-order valence-electron chi connectivity index (χ0n) is 21.8. The molecule has 5 rings (SSSR count). The molecule has 0 bridgehead atoms. The lowest BCUT2D eigenvalue weighted by molar-refractivity contribution is 0.0604. The third kappa shape index (κ3) is 6.34. The maximum Gasteiger partial charge on any atom is 0.266 e. The van der Waals surface area contributed by atoms with Gasteiger partial charge in [-0.2, -0.15) is 0 Å². The number of nitrogens with zero attached hydrogens (tertiary/aromatic N) is 3. The van der Waals surface area contributed by atoms with E-state index in [0.29, 0.717) is 17.5 Å². The Morgan fingerprint density at radius 3 is 2.48 bits per heavy atom. The van der Waals surface area contributed by atoms with Crippen LogP contribution in [0.15, 0.2) is 48.9 Å². The Labute approximate surface area is 252 Å². The van der Waals surface area contributed by atoms with Crippen molar-refractivity contribution in [2.45, 2.75) is 44.3 Å². The van der Waals surface area contributed by atoms with E-state index in [9.17, 15) is 13.6 Å². The summed E-state index contributed by atoms with van der Waals surface area (Å²) < 4.78 is 34.8. The van der Waals surface area contributed by atoms with Crippen LogP contribution in [0.3, 0.4) is 0 Å². The third-order valence-corrected chi connectivity index (χ3v) is 8.84. The van der Waals surface area contributed by atoms with E-state index < -0.39 is 11.6 Å². The lowest BCUT2D eigenvalue weighted by Crippen LogP contribution is -2.44. The molecule has 1 fully saturated rings. The average Bonchev–Trinajstić information content (AvgIpc) is 3.32. The summed E-state index contributed by atoms with van der Waals surface area (Å²) in [4.78, 5) is 24.5. The summed E-state index contributed by atoms with van der Waals surface area (Å²) in [5, 5.41) is 3.21. The Kier molecular flexibility index (Phi) is 11.1. The molecular weight excluding hydrogens is 601 g/mol. The van der Waals surface area contributed by atoms with E-state index in [2.05, 4.69) is 15.3 Å². The smallest absolute Gasteiger partial charge is 0.266 e. The number of thiophene rings is 1. The van der Waals surface area contributed by atoms with Gasteiger partial charge in [-0.25, -0.2) is 8.78 Å². The number of hydrogen-bond donors (Lipinski definition) is 1. The fourth-order valence-electron chi connectivity index (χ4n) is 5.10. The first-order chi connectivity index (χ1) is 18.4. The molecule has 214 valence electrons. The standard InChI is InChI=1S/C28H27ClF2N4O2S.2ClH/c1-32-18-4-6-19(7-5-18)35(28(36)27-25(29)24-20(30)8-9-21(31)26(24)38-27)15-17-13-16(3-10-23(17)37-2)22-14-33-11-12-34-22;;/h3,8-14,18-19,32H,4-7,15H2,1-2H3;2*1H. The third-order valence-electron chi connectivity index (χ3n) is 7.16. The van der Waals surface area contributed by atoms with E-state index in [4.69, 9.17) is 16.3 Å². The minimum Gasteiger partial charge on any atom is -0.496 e. The molecule has 1 aliphatic carbocycles. The van der Waals surface area contributed by atoms with Crippen LogP contribution >= 0.6 is 47.8 Å². The van der Waals surface area contributed by atoms with Gasteiger partial charge in [0.1, 0.15) is 22.3 Å². The lowest BCUT2D eigenvalue weighted by Gasteiger charge is -2.37. The molecule has 1 saturated carbocycles. The average molecular weight is 630 g/mol. The Morgan fingerprint density at radius 1 is 1.12 bits per heavy atom. The van der Waals surface area contributed by atoms with Gasteiger partial charge in [0.25, 0.3) is 5.91 Å². The Hall–Kier alpha value is -2.56. The summed E-state index contributed by atoms with van der Waals surface area (Å²) in [5.74, 6) is -0.985. The van der Waals surface area contributed by atoms with Gasteiger partial charge in [0, 0.05) is 42.1 Å². The maximum atomic E-state index is 14.6. The van der Waals surface area contributed by atoms with E-state index in [1.165, 1.54) is 0 Å². The molecule has 0 atom stereocenters. The van der Waals surface area contributed by atoms with Crippen molar-refractivity contribution >= 4 is 63.7 Å². The van der Waals surface area contributed by atoms with Gasteiger partial charge in [0.2, 0.25) is 0 Å². The molecule has 0 unspecified atom stereocenters. The number of halogens is 5. The highest BCUT2D eigenvalue weighted by Gasteiger charge is 2.33. The first kappa shape index (κ1) is 32.0. The molecule has 0 spiro atoms. The van der Waals surface area contributed by atoms with Crippen molar-refractivity contribution in [1.82, 2.24) is 20.2 Å². The van der Waals surface area contributed by atoms with E-state index in [1.807, 2.05) is 25.2 Å². The van der Waals surface area contributed by atoms with Crippen molar-refractivity contribution in [3.8, 4) is 17.0 Å². The fraction of sp³-hybridized carbons (Fsp3) is 0.321. The highest BCUT2D eigenvalue weighted by Crippen LogP contribution is 2.40. The minimum atomic E-state index is -0.652. The second-order valence-electron chi connectivity index (χ2n) is 9.32. The van der Waals surface area contributed by atoms with Crippen LogP contribution in [0, 0.1) is 11.6 Å². The van der Waals surface area contributed by atoms with E-state index in [1.54, 1.807) is 30.6 Å². The van der Waals surface area contributed by atoms with Crippen LogP contribution in [0.5, 0.6) is 5.75 Å². The van der Waals surface area contributed by atoms with Crippen molar-refractivity contribution < 1.29 is 18.3 Å². The molecule has 1 N–H and O–H groups in total. The second kappa shape index (κ2) is 13.9. The Morgan fingerprint density at radius 2 is 1.85 bits per heavy atom. The monoisotopic (exact) mass is 628 g/mol. The number of hydrogen-bond acceptors (Lipinski definition) is 6. The van der Waals surface area contributed by atoms with Gasteiger partial charge < -0.3 is 15.0 Å². The maximum absolute atomic E-state index is 14.6. The van der Waals surface area contributed by atoms with Gasteiger partial charge in [-0.3, -0.25) is 14.8 Å². The van der Waals surface area contributed by atoms with Gasteiger partial charge in [0.05, 0.1) is 34.1 Å².